The largest absolute Gasteiger partial charge is 0.493 e. The molecule has 0 amide bonds. The lowest BCUT2D eigenvalue weighted by atomic mass is 10.0. The molecule has 1 atom stereocenters. The number of benzene rings is 1. The first kappa shape index (κ1) is 14.1. The summed E-state index contributed by atoms with van der Waals surface area (Å²) in [4.78, 5) is 0. The summed E-state index contributed by atoms with van der Waals surface area (Å²) in [5.74, 6) is 1.46. The van der Waals surface area contributed by atoms with Crippen LogP contribution in [0, 0.1) is 0 Å². The topological polar surface area (TPSA) is 60.0 Å². The molecule has 5 heteroatoms. The minimum atomic E-state index is -0.718. The molecule has 0 bridgehead atoms. The Hall–Kier alpha value is -1.30. The van der Waals surface area contributed by atoms with Gasteiger partial charge in [0.25, 0.3) is 0 Å². The molecule has 2 N–H and O–H groups in total. The summed E-state index contributed by atoms with van der Waals surface area (Å²) in [7, 11) is 1.62. The van der Waals surface area contributed by atoms with Crippen molar-refractivity contribution in [3.63, 3.8) is 0 Å². The summed E-state index contributed by atoms with van der Waals surface area (Å²) >= 11 is 0. The molecule has 1 aliphatic rings. The summed E-state index contributed by atoms with van der Waals surface area (Å²) in [6.07, 6.45) is 0.688. The Morgan fingerprint density at radius 2 is 2.16 bits per heavy atom. The lowest BCUT2D eigenvalue weighted by molar-refractivity contribution is 0.0266. The van der Waals surface area contributed by atoms with Crippen LogP contribution >= 0.6 is 0 Å². The fraction of sp³-hybridized carbons (Fsp3) is 0.571. The number of hydrogen-bond donors (Lipinski definition) is 2. The van der Waals surface area contributed by atoms with Crippen molar-refractivity contribution in [3.05, 3.63) is 24.3 Å². The molecule has 0 aromatic heterocycles. The van der Waals surface area contributed by atoms with Crippen molar-refractivity contribution >= 4 is 0 Å². The van der Waals surface area contributed by atoms with Crippen molar-refractivity contribution in [2.45, 2.75) is 12.0 Å². The third kappa shape index (κ3) is 4.09. The Morgan fingerprint density at radius 3 is 2.84 bits per heavy atom. The van der Waals surface area contributed by atoms with Gasteiger partial charge in [-0.3, -0.25) is 0 Å². The van der Waals surface area contributed by atoms with Crippen LogP contribution in [0.2, 0.25) is 0 Å². The van der Waals surface area contributed by atoms with E-state index in [0.717, 1.165) is 11.5 Å². The molecule has 0 radical (unpaired) electrons. The maximum Gasteiger partial charge on any atom is 0.161 e. The first-order valence-electron chi connectivity index (χ1n) is 6.50. The van der Waals surface area contributed by atoms with E-state index in [0.29, 0.717) is 39.3 Å². The highest BCUT2D eigenvalue weighted by Crippen LogP contribution is 2.25. The lowest BCUT2D eigenvalue weighted by Crippen LogP contribution is -2.42. The predicted octanol–water partition coefficient (Wildman–Crippen LogP) is 0.815. The molecule has 5 nitrogen and oxygen atoms in total. The summed E-state index contributed by atoms with van der Waals surface area (Å²) in [5.41, 5.74) is -0.718. The molecule has 0 saturated carbocycles. The number of para-hydroxylation sites is 2. The SMILES string of the molecule is COc1ccccc1OCCNCC1(O)CCOC1. The van der Waals surface area contributed by atoms with Crippen molar-refractivity contribution < 1.29 is 19.3 Å². The van der Waals surface area contributed by atoms with Gasteiger partial charge in [0.05, 0.1) is 13.7 Å². The van der Waals surface area contributed by atoms with Crippen LogP contribution < -0.4 is 14.8 Å². The number of nitrogens with one attached hydrogen (secondary N) is 1. The summed E-state index contributed by atoms with van der Waals surface area (Å²) in [6, 6.07) is 7.54. The number of hydrogen-bond acceptors (Lipinski definition) is 5. The van der Waals surface area contributed by atoms with E-state index in [2.05, 4.69) is 5.32 Å². The minimum Gasteiger partial charge on any atom is -0.493 e. The number of rotatable bonds is 7. The van der Waals surface area contributed by atoms with Crippen molar-refractivity contribution in [3.8, 4) is 11.5 Å². The second kappa shape index (κ2) is 6.75. The van der Waals surface area contributed by atoms with E-state index in [1.54, 1.807) is 7.11 Å². The molecular weight excluding hydrogens is 246 g/mol. The van der Waals surface area contributed by atoms with Gasteiger partial charge in [0, 0.05) is 26.1 Å². The van der Waals surface area contributed by atoms with E-state index < -0.39 is 5.60 Å². The predicted molar refractivity (Wildman–Crippen MR) is 71.7 cm³/mol. The van der Waals surface area contributed by atoms with Gasteiger partial charge in [0.1, 0.15) is 12.2 Å². The van der Waals surface area contributed by atoms with Gasteiger partial charge < -0.3 is 24.6 Å². The van der Waals surface area contributed by atoms with Crippen LogP contribution in [-0.4, -0.2) is 50.7 Å². The third-order valence-corrected chi connectivity index (χ3v) is 3.14. The number of ether oxygens (including phenoxy) is 3. The monoisotopic (exact) mass is 267 g/mol. The average molecular weight is 267 g/mol. The second-order valence-corrected chi connectivity index (χ2v) is 4.70. The van der Waals surface area contributed by atoms with E-state index in [-0.39, 0.29) is 0 Å². The van der Waals surface area contributed by atoms with Gasteiger partial charge >= 0.3 is 0 Å². The second-order valence-electron chi connectivity index (χ2n) is 4.70. The molecule has 106 valence electrons. The minimum absolute atomic E-state index is 0.410. The Kier molecular flexibility index (Phi) is 5.01. The van der Waals surface area contributed by atoms with Crippen LogP contribution in [0.25, 0.3) is 0 Å². The van der Waals surface area contributed by atoms with Crippen LogP contribution in [0.3, 0.4) is 0 Å². The molecule has 1 aromatic carbocycles. The fourth-order valence-electron chi connectivity index (χ4n) is 2.03. The molecule has 1 fully saturated rings. The first-order valence-corrected chi connectivity index (χ1v) is 6.50. The van der Waals surface area contributed by atoms with Gasteiger partial charge in [0.2, 0.25) is 0 Å². The van der Waals surface area contributed by atoms with Gasteiger partial charge in [-0.2, -0.15) is 0 Å². The smallest absolute Gasteiger partial charge is 0.161 e. The van der Waals surface area contributed by atoms with Crippen molar-refractivity contribution in [2.24, 2.45) is 0 Å². The zero-order valence-corrected chi connectivity index (χ0v) is 11.2. The maximum atomic E-state index is 10.0. The number of methoxy groups -OCH3 is 1. The highest BCUT2D eigenvalue weighted by Gasteiger charge is 2.31. The van der Waals surface area contributed by atoms with Crippen molar-refractivity contribution in [1.29, 1.82) is 0 Å². The van der Waals surface area contributed by atoms with Crippen LogP contribution in [0.1, 0.15) is 6.42 Å². The van der Waals surface area contributed by atoms with E-state index in [1.165, 1.54) is 0 Å². The molecule has 1 saturated heterocycles. The molecule has 2 rings (SSSR count). The standard InChI is InChI=1S/C14H21NO4/c1-17-12-4-2-3-5-13(12)19-9-7-15-10-14(16)6-8-18-11-14/h2-5,15-16H,6-11H2,1H3. The summed E-state index contributed by atoms with van der Waals surface area (Å²) in [5, 5.41) is 13.2. The molecule has 0 spiro atoms. The molecule has 1 heterocycles. The van der Waals surface area contributed by atoms with Crippen LogP contribution in [0.15, 0.2) is 24.3 Å². The molecule has 1 unspecified atom stereocenters. The average Bonchev–Trinajstić information content (AvgIpc) is 2.86. The van der Waals surface area contributed by atoms with Gasteiger partial charge in [-0.15, -0.1) is 0 Å². The van der Waals surface area contributed by atoms with Gasteiger partial charge in [-0.25, -0.2) is 0 Å². The van der Waals surface area contributed by atoms with Gasteiger partial charge in [-0.05, 0) is 12.1 Å². The molecule has 19 heavy (non-hydrogen) atoms. The summed E-state index contributed by atoms with van der Waals surface area (Å²) < 4.78 is 16.0. The zero-order valence-electron chi connectivity index (χ0n) is 11.2. The van der Waals surface area contributed by atoms with Gasteiger partial charge in [-0.1, -0.05) is 12.1 Å². The van der Waals surface area contributed by atoms with E-state index in [9.17, 15) is 5.11 Å². The Morgan fingerprint density at radius 1 is 1.37 bits per heavy atom. The molecular formula is C14H21NO4. The van der Waals surface area contributed by atoms with E-state index >= 15 is 0 Å². The normalized spacial score (nSPS) is 22.4. The van der Waals surface area contributed by atoms with Crippen molar-refractivity contribution in [1.82, 2.24) is 5.32 Å². The third-order valence-electron chi connectivity index (χ3n) is 3.14. The Balaban J connectivity index is 1.66. The summed E-state index contributed by atoms with van der Waals surface area (Å²) in [6.45, 7) is 2.77. The lowest BCUT2D eigenvalue weighted by Gasteiger charge is -2.20. The highest BCUT2D eigenvalue weighted by atomic mass is 16.5. The molecule has 1 aromatic rings. The van der Waals surface area contributed by atoms with E-state index in [1.807, 2.05) is 24.3 Å². The Labute approximate surface area is 113 Å². The molecule has 0 aliphatic carbocycles. The first-order chi connectivity index (χ1) is 9.23. The number of aliphatic hydroxyl groups is 1. The maximum absolute atomic E-state index is 10.0. The Bertz CT molecular complexity index is 391. The van der Waals surface area contributed by atoms with Crippen LogP contribution in [0.5, 0.6) is 11.5 Å². The van der Waals surface area contributed by atoms with Gasteiger partial charge in [0.15, 0.2) is 11.5 Å². The highest BCUT2D eigenvalue weighted by molar-refractivity contribution is 5.39. The van der Waals surface area contributed by atoms with Crippen LogP contribution in [-0.2, 0) is 4.74 Å². The van der Waals surface area contributed by atoms with Crippen molar-refractivity contribution in [2.75, 3.05) is 40.0 Å². The molecule has 1 aliphatic heterocycles. The quantitative estimate of drug-likeness (QED) is 0.716. The fourth-order valence-corrected chi connectivity index (χ4v) is 2.03. The van der Waals surface area contributed by atoms with E-state index in [4.69, 9.17) is 14.2 Å². The zero-order chi connectivity index (χ0) is 13.6. The van der Waals surface area contributed by atoms with Crippen LogP contribution in [0.4, 0.5) is 0 Å².